The van der Waals surface area contributed by atoms with Crippen molar-refractivity contribution in [3.63, 3.8) is 0 Å². The van der Waals surface area contributed by atoms with Gasteiger partial charge in [-0.05, 0) is 66.8 Å². The van der Waals surface area contributed by atoms with Crippen LogP contribution in [-0.4, -0.2) is 56.6 Å². The van der Waals surface area contributed by atoms with Crippen LogP contribution < -0.4 is 9.47 Å². The Hall–Kier alpha value is -3.16. The molecule has 42 heavy (non-hydrogen) atoms. The molecule has 0 aliphatic heterocycles. The van der Waals surface area contributed by atoms with Crippen molar-refractivity contribution in [2.24, 2.45) is 0 Å². The quantitative estimate of drug-likeness (QED) is 0.0689. The van der Waals surface area contributed by atoms with Gasteiger partial charge >= 0.3 is 0 Å². The van der Waals surface area contributed by atoms with Gasteiger partial charge in [0.25, 0.3) is 0 Å². The highest BCUT2D eigenvalue weighted by atomic mass is 32.2. The predicted octanol–water partition coefficient (Wildman–Crippen LogP) is 6.72. The Morgan fingerprint density at radius 2 is 1.62 bits per heavy atom. The molecule has 0 saturated carbocycles. The first-order valence-electron chi connectivity index (χ1n) is 14.3. The summed E-state index contributed by atoms with van der Waals surface area (Å²) in [5.74, 6) is 1.47. The number of methoxy groups -OCH3 is 2. The summed E-state index contributed by atoms with van der Waals surface area (Å²) in [6, 6.07) is 14.6. The maximum Gasteiger partial charge on any atom is 0.187 e. The Kier molecular flexibility index (Phi) is 13.6. The van der Waals surface area contributed by atoms with Crippen molar-refractivity contribution in [3.05, 3.63) is 76.6 Å². The van der Waals surface area contributed by atoms with E-state index in [0.29, 0.717) is 37.7 Å². The van der Waals surface area contributed by atoms with E-state index >= 15 is 0 Å². The molecule has 0 amide bonds. The molecule has 1 heterocycles. The molecule has 1 aromatic heterocycles. The second-order valence-electron chi connectivity index (χ2n) is 10.4. The minimum atomic E-state index is -0.332. The number of hydrogen-bond acceptors (Lipinski definition) is 9. The molecule has 0 unspecified atom stereocenters. The molecule has 0 saturated heterocycles. The zero-order valence-corrected chi connectivity index (χ0v) is 26.5. The number of thioether (sulfide) groups is 1. The summed E-state index contributed by atoms with van der Waals surface area (Å²) in [6.45, 7) is 8.46. The van der Waals surface area contributed by atoms with Crippen LogP contribution >= 0.6 is 11.8 Å². The maximum absolute atomic E-state index is 10.0. The van der Waals surface area contributed by atoms with Crippen LogP contribution in [-0.2, 0) is 32.7 Å². The van der Waals surface area contributed by atoms with Crippen LogP contribution in [0.1, 0.15) is 67.9 Å². The number of unbranched alkanes of at least 4 members (excludes halogenated alkanes) is 2. The van der Waals surface area contributed by atoms with Gasteiger partial charge in [0.1, 0.15) is 24.2 Å². The van der Waals surface area contributed by atoms with Crippen LogP contribution in [0.15, 0.2) is 53.9 Å². The van der Waals surface area contributed by atoms with E-state index in [1.54, 1.807) is 26.6 Å². The molecule has 0 radical (unpaired) electrons. The molecule has 3 rings (SSSR count). The number of hydrogen-bond donors (Lipinski definition) is 0. The fourth-order valence-electron chi connectivity index (χ4n) is 4.46. The van der Waals surface area contributed by atoms with E-state index in [1.807, 2.05) is 24.5 Å². The second kappa shape index (κ2) is 17.1. The molecule has 0 aliphatic carbocycles. The average molecular weight is 594 g/mol. The number of aromatic nitrogens is 2. The molecule has 0 aliphatic rings. The highest BCUT2D eigenvalue weighted by molar-refractivity contribution is 7.98. The minimum Gasteiger partial charge on any atom is -0.492 e. The SMILES string of the molecule is CCc1cc(C(C)(C)c2ccc(OCc3cnc(SC)nc3)cc2)cc(C#N)c1OCCCCCOCC(OC)OC. The Labute approximate surface area is 254 Å². The van der Waals surface area contributed by atoms with Gasteiger partial charge in [0.05, 0.1) is 18.8 Å². The molecule has 0 atom stereocenters. The monoisotopic (exact) mass is 593 g/mol. The van der Waals surface area contributed by atoms with E-state index in [-0.39, 0.29) is 11.7 Å². The molecular formula is C33H43N3O5S. The van der Waals surface area contributed by atoms with Crippen molar-refractivity contribution >= 4 is 11.8 Å². The molecule has 8 nitrogen and oxygen atoms in total. The van der Waals surface area contributed by atoms with Crippen molar-refractivity contribution in [3.8, 4) is 17.6 Å². The third-order valence-electron chi connectivity index (χ3n) is 7.19. The van der Waals surface area contributed by atoms with E-state index in [4.69, 9.17) is 23.7 Å². The van der Waals surface area contributed by atoms with Crippen LogP contribution in [0.5, 0.6) is 11.5 Å². The van der Waals surface area contributed by atoms with Gasteiger partial charge in [-0.2, -0.15) is 5.26 Å². The van der Waals surface area contributed by atoms with E-state index in [9.17, 15) is 5.26 Å². The molecule has 0 fully saturated rings. The third kappa shape index (κ3) is 9.43. The lowest BCUT2D eigenvalue weighted by atomic mass is 9.77. The minimum absolute atomic E-state index is 0.321. The van der Waals surface area contributed by atoms with E-state index in [2.05, 4.69) is 55.0 Å². The van der Waals surface area contributed by atoms with Crippen LogP contribution in [0.3, 0.4) is 0 Å². The number of benzene rings is 2. The number of nitrogens with zero attached hydrogens (tertiary/aromatic N) is 3. The Morgan fingerprint density at radius 1 is 0.929 bits per heavy atom. The largest absolute Gasteiger partial charge is 0.492 e. The molecule has 226 valence electrons. The van der Waals surface area contributed by atoms with Crippen molar-refractivity contribution in [2.45, 2.75) is 69.9 Å². The molecule has 9 heteroatoms. The zero-order valence-electron chi connectivity index (χ0n) is 25.6. The lowest BCUT2D eigenvalue weighted by Crippen LogP contribution is -2.20. The molecule has 0 bridgehead atoms. The number of aryl methyl sites for hydroxylation is 1. The first kappa shape index (κ1) is 33.3. The summed E-state index contributed by atoms with van der Waals surface area (Å²) in [5, 5.41) is 10.8. The number of nitriles is 1. The Bertz CT molecular complexity index is 1270. The summed E-state index contributed by atoms with van der Waals surface area (Å²) < 4.78 is 28.0. The molecule has 0 N–H and O–H groups in total. The standard InChI is InChI=1S/C33H43N3O5S/c1-7-25-17-28(18-26(19-34)31(25)40-16-10-8-9-15-39-23-30(37-4)38-5)33(2,3)27-11-13-29(14-12-27)41-22-24-20-35-32(42-6)36-21-24/h11-14,17-18,20-21,30H,7-10,15-16,22-23H2,1-6H3. The van der Waals surface area contributed by atoms with E-state index in [0.717, 1.165) is 58.8 Å². The lowest BCUT2D eigenvalue weighted by Gasteiger charge is -2.28. The average Bonchev–Trinajstić information content (AvgIpc) is 3.03. The van der Waals surface area contributed by atoms with Gasteiger partial charge in [0, 0.05) is 44.2 Å². The fraction of sp³-hybridized carbons (Fsp3) is 0.485. The van der Waals surface area contributed by atoms with Gasteiger partial charge < -0.3 is 23.7 Å². The van der Waals surface area contributed by atoms with Crippen LogP contribution in [0.25, 0.3) is 0 Å². The van der Waals surface area contributed by atoms with Gasteiger partial charge in [-0.3, -0.25) is 0 Å². The predicted molar refractivity (Wildman–Crippen MR) is 165 cm³/mol. The van der Waals surface area contributed by atoms with Gasteiger partial charge in [0.2, 0.25) is 0 Å². The van der Waals surface area contributed by atoms with E-state index < -0.39 is 0 Å². The van der Waals surface area contributed by atoms with Gasteiger partial charge in [-0.15, -0.1) is 0 Å². The van der Waals surface area contributed by atoms with E-state index in [1.165, 1.54) is 11.8 Å². The second-order valence-corrected chi connectivity index (χ2v) is 11.2. The number of ether oxygens (including phenoxy) is 5. The zero-order chi connectivity index (χ0) is 30.4. The summed E-state index contributed by atoms with van der Waals surface area (Å²) in [4.78, 5) is 8.59. The third-order valence-corrected chi connectivity index (χ3v) is 7.77. The topological polar surface area (TPSA) is 95.7 Å². The van der Waals surface area contributed by atoms with Gasteiger partial charge in [-0.1, -0.05) is 50.7 Å². The van der Waals surface area contributed by atoms with Crippen molar-refractivity contribution in [1.29, 1.82) is 5.26 Å². The summed E-state index contributed by atoms with van der Waals surface area (Å²) >= 11 is 1.51. The fourth-order valence-corrected chi connectivity index (χ4v) is 4.78. The van der Waals surface area contributed by atoms with Gasteiger partial charge in [0.15, 0.2) is 11.4 Å². The van der Waals surface area contributed by atoms with Gasteiger partial charge in [-0.25, -0.2) is 9.97 Å². The highest BCUT2D eigenvalue weighted by Crippen LogP contribution is 2.37. The van der Waals surface area contributed by atoms with Crippen molar-refractivity contribution in [2.75, 3.05) is 40.3 Å². The Balaban J connectivity index is 1.59. The lowest BCUT2D eigenvalue weighted by molar-refractivity contribution is -0.140. The normalized spacial score (nSPS) is 11.5. The highest BCUT2D eigenvalue weighted by Gasteiger charge is 2.26. The first-order valence-corrected chi connectivity index (χ1v) is 15.5. The summed E-state index contributed by atoms with van der Waals surface area (Å²) in [6.07, 6.45) is 8.75. The van der Waals surface area contributed by atoms with Crippen molar-refractivity contribution < 1.29 is 23.7 Å². The smallest absolute Gasteiger partial charge is 0.187 e. The molecule has 3 aromatic rings. The summed E-state index contributed by atoms with van der Waals surface area (Å²) in [7, 11) is 3.20. The van der Waals surface area contributed by atoms with Crippen LogP contribution in [0, 0.1) is 11.3 Å². The van der Waals surface area contributed by atoms with Crippen LogP contribution in [0.4, 0.5) is 0 Å². The summed E-state index contributed by atoms with van der Waals surface area (Å²) in [5.41, 5.74) is 4.42. The van der Waals surface area contributed by atoms with Crippen molar-refractivity contribution in [1.82, 2.24) is 9.97 Å². The molecule has 0 spiro atoms. The Morgan fingerprint density at radius 3 is 2.24 bits per heavy atom. The maximum atomic E-state index is 10.0. The van der Waals surface area contributed by atoms with Crippen LogP contribution in [0.2, 0.25) is 0 Å². The first-order chi connectivity index (χ1) is 20.4. The molecular weight excluding hydrogens is 550 g/mol. The molecule has 2 aromatic carbocycles. The number of rotatable bonds is 18.